The maximum Gasteiger partial charge on any atom is 0.114 e. The van der Waals surface area contributed by atoms with Gasteiger partial charge in [0.05, 0.1) is 22.8 Å². The van der Waals surface area contributed by atoms with Crippen molar-refractivity contribution in [3.63, 3.8) is 0 Å². The van der Waals surface area contributed by atoms with E-state index in [2.05, 4.69) is 11.4 Å². The van der Waals surface area contributed by atoms with E-state index in [4.69, 9.17) is 20.8 Å². The highest BCUT2D eigenvalue weighted by Gasteiger charge is 2.07. The van der Waals surface area contributed by atoms with Crippen LogP contribution in [0.3, 0.4) is 0 Å². The molecule has 108 valence electrons. The quantitative estimate of drug-likeness (QED) is 0.780. The third kappa shape index (κ3) is 4.28. The number of hydrogen-bond donors (Lipinski definition) is 1. The van der Waals surface area contributed by atoms with Gasteiger partial charge >= 0.3 is 0 Å². The van der Waals surface area contributed by atoms with Crippen LogP contribution in [0.5, 0.6) is 0 Å². The summed E-state index contributed by atoms with van der Waals surface area (Å²) in [5, 5.41) is 4.06. The lowest BCUT2D eigenvalue weighted by atomic mass is 10.2. The summed E-state index contributed by atoms with van der Waals surface area (Å²) in [5.74, 6) is 0.913. The second-order valence-corrected chi connectivity index (χ2v) is 5.87. The van der Waals surface area contributed by atoms with Crippen LogP contribution in [0, 0.1) is 6.92 Å². The van der Waals surface area contributed by atoms with E-state index in [1.54, 1.807) is 25.1 Å². The van der Waals surface area contributed by atoms with Crippen molar-refractivity contribution in [3.05, 3.63) is 46.9 Å². The topological polar surface area (TPSA) is 34.4 Å². The van der Waals surface area contributed by atoms with Gasteiger partial charge < -0.3 is 14.5 Å². The summed E-state index contributed by atoms with van der Waals surface area (Å²) in [4.78, 5) is 2.13. The summed E-state index contributed by atoms with van der Waals surface area (Å²) in [6, 6.07) is 8.09. The molecule has 20 heavy (non-hydrogen) atoms. The Hall–Kier alpha value is -0.940. The lowest BCUT2D eigenvalue weighted by Gasteiger charge is -2.08. The van der Waals surface area contributed by atoms with Crippen LogP contribution < -0.4 is 5.32 Å². The average molecular weight is 312 g/mol. The zero-order valence-electron chi connectivity index (χ0n) is 11.6. The zero-order chi connectivity index (χ0) is 14.4. The Kier molecular flexibility index (Phi) is 5.98. The summed E-state index contributed by atoms with van der Waals surface area (Å²) in [7, 11) is 1.70. The van der Waals surface area contributed by atoms with Crippen LogP contribution in [-0.4, -0.2) is 20.3 Å². The van der Waals surface area contributed by atoms with E-state index in [9.17, 15) is 0 Å². The maximum absolute atomic E-state index is 6.33. The molecule has 1 aromatic heterocycles. The third-order valence-electron chi connectivity index (χ3n) is 2.84. The Morgan fingerprint density at radius 2 is 2.15 bits per heavy atom. The molecular formula is C15H18ClNO2S. The molecule has 0 aliphatic carbocycles. The second-order valence-electron chi connectivity index (χ2n) is 4.38. The lowest BCUT2D eigenvalue weighted by molar-refractivity contribution is 0.199. The standard InChI is InChI=1S/C15H18ClNO2S/c1-11-14(5-7-19-11)20-15-4-3-12(9-13(15)16)10-17-6-8-18-2/h3-5,7,9,17H,6,8,10H2,1-2H3. The SMILES string of the molecule is COCCNCc1ccc(Sc2ccoc2C)c(Cl)c1. The van der Waals surface area contributed by atoms with Gasteiger partial charge in [0.2, 0.25) is 0 Å². The molecule has 3 nitrogen and oxygen atoms in total. The number of rotatable bonds is 7. The number of nitrogens with one attached hydrogen (secondary N) is 1. The first-order valence-corrected chi connectivity index (χ1v) is 7.60. The van der Waals surface area contributed by atoms with E-state index in [0.29, 0.717) is 6.61 Å². The highest BCUT2D eigenvalue weighted by Crippen LogP contribution is 2.35. The zero-order valence-corrected chi connectivity index (χ0v) is 13.2. The largest absolute Gasteiger partial charge is 0.468 e. The predicted octanol–water partition coefficient (Wildman–Crippen LogP) is 4.13. The molecular weight excluding hydrogens is 294 g/mol. The van der Waals surface area contributed by atoms with Gasteiger partial charge in [0.15, 0.2) is 0 Å². The van der Waals surface area contributed by atoms with E-state index >= 15 is 0 Å². The molecule has 0 unspecified atom stereocenters. The second kappa shape index (κ2) is 7.74. The minimum Gasteiger partial charge on any atom is -0.468 e. The first-order valence-electron chi connectivity index (χ1n) is 6.40. The number of aryl methyl sites for hydroxylation is 1. The van der Waals surface area contributed by atoms with Gasteiger partial charge in [-0.3, -0.25) is 0 Å². The molecule has 0 aliphatic heterocycles. The fraction of sp³-hybridized carbons (Fsp3) is 0.333. The molecule has 0 bridgehead atoms. The fourth-order valence-corrected chi connectivity index (χ4v) is 2.91. The van der Waals surface area contributed by atoms with Gasteiger partial charge in [0.25, 0.3) is 0 Å². The Morgan fingerprint density at radius 1 is 1.30 bits per heavy atom. The van der Waals surface area contributed by atoms with Crippen LogP contribution in [0.4, 0.5) is 0 Å². The van der Waals surface area contributed by atoms with Crippen LogP contribution >= 0.6 is 23.4 Å². The molecule has 0 saturated carbocycles. The van der Waals surface area contributed by atoms with Crippen LogP contribution in [0.2, 0.25) is 5.02 Å². The highest BCUT2D eigenvalue weighted by molar-refractivity contribution is 7.99. The van der Waals surface area contributed by atoms with Crippen molar-refractivity contribution in [3.8, 4) is 0 Å². The van der Waals surface area contributed by atoms with Crippen molar-refractivity contribution in [1.29, 1.82) is 0 Å². The minimum absolute atomic E-state index is 0.710. The molecule has 0 atom stereocenters. The van der Waals surface area contributed by atoms with Crippen LogP contribution in [0.15, 0.2) is 44.7 Å². The van der Waals surface area contributed by atoms with Crippen molar-refractivity contribution in [1.82, 2.24) is 5.32 Å². The van der Waals surface area contributed by atoms with Gasteiger partial charge in [-0.25, -0.2) is 0 Å². The maximum atomic E-state index is 6.33. The average Bonchev–Trinajstić information content (AvgIpc) is 2.83. The summed E-state index contributed by atoms with van der Waals surface area (Å²) < 4.78 is 10.3. The molecule has 0 radical (unpaired) electrons. The van der Waals surface area contributed by atoms with Crippen LogP contribution in [-0.2, 0) is 11.3 Å². The van der Waals surface area contributed by atoms with Crippen molar-refractivity contribution in [2.45, 2.75) is 23.3 Å². The highest BCUT2D eigenvalue weighted by atomic mass is 35.5. The van der Waals surface area contributed by atoms with Crippen molar-refractivity contribution in [2.24, 2.45) is 0 Å². The van der Waals surface area contributed by atoms with Gasteiger partial charge in [0.1, 0.15) is 5.76 Å². The van der Waals surface area contributed by atoms with Crippen LogP contribution in [0.25, 0.3) is 0 Å². The Balaban J connectivity index is 1.97. The van der Waals surface area contributed by atoms with E-state index in [-0.39, 0.29) is 0 Å². The van der Waals surface area contributed by atoms with E-state index in [1.165, 1.54) is 5.56 Å². The predicted molar refractivity (Wildman–Crippen MR) is 82.6 cm³/mol. The van der Waals surface area contributed by atoms with E-state index in [0.717, 1.165) is 33.7 Å². The molecule has 0 saturated heterocycles. The number of ether oxygens (including phenoxy) is 1. The first-order chi connectivity index (χ1) is 9.70. The van der Waals surface area contributed by atoms with Crippen molar-refractivity contribution >= 4 is 23.4 Å². The molecule has 0 spiro atoms. The summed E-state index contributed by atoms with van der Waals surface area (Å²) >= 11 is 7.96. The fourth-order valence-electron chi connectivity index (χ4n) is 1.74. The van der Waals surface area contributed by atoms with E-state index in [1.807, 2.05) is 25.1 Å². The number of methoxy groups -OCH3 is 1. The lowest BCUT2D eigenvalue weighted by Crippen LogP contribution is -2.18. The summed E-state index contributed by atoms with van der Waals surface area (Å²) in [6.07, 6.45) is 1.69. The van der Waals surface area contributed by atoms with Crippen molar-refractivity contribution < 1.29 is 9.15 Å². The normalized spacial score (nSPS) is 10.9. The Bertz CT molecular complexity index is 557. The molecule has 0 aliphatic rings. The first kappa shape index (κ1) is 15.4. The number of furan rings is 1. The number of benzene rings is 1. The van der Waals surface area contributed by atoms with Gasteiger partial charge in [-0.1, -0.05) is 29.4 Å². The summed E-state index contributed by atoms with van der Waals surface area (Å²) in [5.41, 5.74) is 1.17. The van der Waals surface area contributed by atoms with Crippen molar-refractivity contribution in [2.75, 3.05) is 20.3 Å². The van der Waals surface area contributed by atoms with Gasteiger partial charge in [-0.2, -0.15) is 0 Å². The molecule has 2 aromatic rings. The Labute approximate surface area is 128 Å². The molecule has 1 N–H and O–H groups in total. The summed E-state index contributed by atoms with van der Waals surface area (Å²) in [6.45, 7) is 4.28. The van der Waals surface area contributed by atoms with Gasteiger partial charge in [-0.05, 0) is 30.7 Å². The minimum atomic E-state index is 0.710. The third-order valence-corrected chi connectivity index (χ3v) is 4.48. The number of halogens is 1. The monoisotopic (exact) mass is 311 g/mol. The Morgan fingerprint density at radius 3 is 2.80 bits per heavy atom. The van der Waals surface area contributed by atoms with E-state index < -0.39 is 0 Å². The molecule has 0 amide bonds. The van der Waals surface area contributed by atoms with Crippen LogP contribution in [0.1, 0.15) is 11.3 Å². The number of hydrogen-bond acceptors (Lipinski definition) is 4. The van der Waals surface area contributed by atoms with Gasteiger partial charge in [-0.15, -0.1) is 0 Å². The molecule has 1 aromatic carbocycles. The molecule has 5 heteroatoms. The molecule has 1 heterocycles. The molecule has 2 rings (SSSR count). The molecule has 0 fully saturated rings. The smallest absolute Gasteiger partial charge is 0.114 e. The van der Waals surface area contributed by atoms with Gasteiger partial charge in [0, 0.05) is 25.1 Å².